The summed E-state index contributed by atoms with van der Waals surface area (Å²) in [5.74, 6) is 1.98. The number of carbonyl (C=O) groups is 1. The van der Waals surface area contributed by atoms with Crippen molar-refractivity contribution in [2.45, 2.75) is 71.1 Å². The Morgan fingerprint density at radius 3 is 1.92 bits per heavy atom. The van der Waals surface area contributed by atoms with E-state index in [1.54, 1.807) is 11.3 Å². The zero-order chi connectivity index (χ0) is 27.0. The zero-order valence-electron chi connectivity index (χ0n) is 22.2. The highest BCUT2D eigenvalue weighted by molar-refractivity contribution is 9.12. The summed E-state index contributed by atoms with van der Waals surface area (Å²) < 4.78 is 14.0. The molecule has 38 heavy (non-hydrogen) atoms. The van der Waals surface area contributed by atoms with E-state index in [0.29, 0.717) is 13.0 Å². The largest absolute Gasteiger partial charge is 0.494 e. The molecule has 0 spiro atoms. The predicted octanol–water partition coefficient (Wildman–Crippen LogP) is 11.0. The van der Waals surface area contributed by atoms with Crippen molar-refractivity contribution < 1.29 is 14.3 Å². The summed E-state index contributed by atoms with van der Waals surface area (Å²) in [6.45, 7) is 3.62. The summed E-state index contributed by atoms with van der Waals surface area (Å²) in [6, 6.07) is 17.9. The van der Waals surface area contributed by atoms with Gasteiger partial charge in [-0.2, -0.15) is 0 Å². The smallest absolute Gasteiger partial charge is 0.162 e. The van der Waals surface area contributed by atoms with E-state index in [4.69, 9.17) is 9.47 Å². The fraction of sp³-hybridized carbons (Fsp3) is 0.406. The van der Waals surface area contributed by atoms with Gasteiger partial charge in [-0.25, -0.2) is 0 Å². The maximum absolute atomic E-state index is 12.3. The fourth-order valence-corrected chi connectivity index (χ4v) is 6.79. The molecule has 0 atom stereocenters. The first-order valence-corrected chi connectivity index (χ1v) is 16.1. The SMILES string of the molecule is CCCCCCCC(=O)c1ccc(OCCCCCCOc2ccc(/C=C/c3cc(Br)sc3Br)cc2)cc1. The van der Waals surface area contributed by atoms with Gasteiger partial charge < -0.3 is 9.47 Å². The molecule has 0 aliphatic carbocycles. The van der Waals surface area contributed by atoms with Gasteiger partial charge in [-0.05, 0) is 112 Å². The van der Waals surface area contributed by atoms with Crippen LogP contribution in [-0.2, 0) is 0 Å². The summed E-state index contributed by atoms with van der Waals surface area (Å²) in [7, 11) is 0. The summed E-state index contributed by atoms with van der Waals surface area (Å²) in [5.41, 5.74) is 3.10. The number of carbonyl (C=O) groups excluding carboxylic acids is 1. The normalized spacial score (nSPS) is 11.2. The van der Waals surface area contributed by atoms with Crippen LogP contribution in [0.1, 0.15) is 92.6 Å². The summed E-state index contributed by atoms with van der Waals surface area (Å²) in [4.78, 5) is 12.3. The molecule has 2 aromatic carbocycles. The average molecular weight is 663 g/mol. The van der Waals surface area contributed by atoms with Crippen molar-refractivity contribution in [3.63, 3.8) is 0 Å². The lowest BCUT2D eigenvalue weighted by Crippen LogP contribution is -2.01. The Balaban J connectivity index is 1.23. The molecule has 3 nitrogen and oxygen atoms in total. The van der Waals surface area contributed by atoms with Crippen molar-refractivity contribution in [1.29, 1.82) is 0 Å². The van der Waals surface area contributed by atoms with E-state index in [2.05, 4.69) is 69.1 Å². The zero-order valence-corrected chi connectivity index (χ0v) is 26.2. The molecular weight excluding hydrogens is 624 g/mol. The third-order valence-electron chi connectivity index (χ3n) is 6.28. The third-order valence-corrected chi connectivity index (χ3v) is 8.66. The van der Waals surface area contributed by atoms with Crippen LogP contribution in [0.4, 0.5) is 0 Å². The van der Waals surface area contributed by atoms with Gasteiger partial charge in [0, 0.05) is 17.5 Å². The number of benzene rings is 2. The molecule has 0 fully saturated rings. The molecule has 0 bridgehead atoms. The molecule has 204 valence electrons. The Kier molecular flexibility index (Phi) is 14.2. The number of hydrogen-bond donors (Lipinski definition) is 0. The lowest BCUT2D eigenvalue weighted by atomic mass is 10.0. The van der Waals surface area contributed by atoms with E-state index in [1.807, 2.05) is 36.4 Å². The molecule has 6 heteroatoms. The molecule has 0 amide bonds. The molecule has 0 aliphatic rings. The van der Waals surface area contributed by atoms with Gasteiger partial charge in [0.1, 0.15) is 11.5 Å². The topological polar surface area (TPSA) is 35.5 Å². The number of ketones is 1. The molecule has 0 saturated heterocycles. The van der Waals surface area contributed by atoms with E-state index >= 15 is 0 Å². The lowest BCUT2D eigenvalue weighted by Gasteiger charge is -2.08. The number of ether oxygens (including phenoxy) is 2. The molecule has 0 aliphatic heterocycles. The van der Waals surface area contributed by atoms with Gasteiger partial charge in [-0.1, -0.05) is 56.9 Å². The number of unbranched alkanes of at least 4 members (excludes halogenated alkanes) is 7. The Bertz CT molecular complexity index is 1120. The van der Waals surface area contributed by atoms with Crippen LogP contribution in [0.5, 0.6) is 11.5 Å². The first-order valence-electron chi connectivity index (χ1n) is 13.7. The van der Waals surface area contributed by atoms with E-state index in [1.165, 1.54) is 24.8 Å². The highest BCUT2D eigenvalue weighted by Gasteiger charge is 2.06. The number of Topliss-reactive ketones (excluding diaryl/α,β-unsaturated/α-hetero) is 1. The van der Waals surface area contributed by atoms with Crippen LogP contribution in [0.25, 0.3) is 12.2 Å². The van der Waals surface area contributed by atoms with Gasteiger partial charge >= 0.3 is 0 Å². The van der Waals surface area contributed by atoms with Gasteiger partial charge in [0.05, 0.1) is 20.8 Å². The van der Waals surface area contributed by atoms with Crippen molar-refractivity contribution in [2.75, 3.05) is 13.2 Å². The van der Waals surface area contributed by atoms with Crippen LogP contribution in [0.15, 0.2) is 62.2 Å². The second-order valence-corrected chi connectivity index (χ2v) is 13.2. The molecule has 3 rings (SSSR count). The molecule has 0 saturated carbocycles. The molecule has 0 radical (unpaired) electrons. The summed E-state index contributed by atoms with van der Waals surface area (Å²) in [5, 5.41) is 0. The van der Waals surface area contributed by atoms with Crippen LogP contribution < -0.4 is 9.47 Å². The highest BCUT2D eigenvalue weighted by Crippen LogP contribution is 2.33. The fourth-order valence-electron chi connectivity index (χ4n) is 4.04. The maximum Gasteiger partial charge on any atom is 0.162 e. The van der Waals surface area contributed by atoms with Crippen molar-refractivity contribution in [3.05, 3.63) is 78.9 Å². The lowest BCUT2D eigenvalue weighted by molar-refractivity contribution is 0.0979. The van der Waals surface area contributed by atoms with Crippen molar-refractivity contribution in [1.82, 2.24) is 0 Å². The standard InChI is InChI=1S/C32H38Br2O3S/c1-2-3-4-5-8-11-30(35)26-16-20-29(21-17-26)37-23-10-7-6-9-22-36-28-18-13-25(14-19-28)12-15-27-24-31(33)38-32(27)34/h12-21,24H,2-11,22-23H2,1H3/b15-12+. The molecule has 1 aromatic heterocycles. The Morgan fingerprint density at radius 1 is 0.763 bits per heavy atom. The van der Waals surface area contributed by atoms with Gasteiger partial charge in [0.25, 0.3) is 0 Å². The van der Waals surface area contributed by atoms with E-state index in [0.717, 1.165) is 75.3 Å². The number of rotatable bonds is 18. The van der Waals surface area contributed by atoms with Crippen LogP contribution in [0, 0.1) is 0 Å². The summed E-state index contributed by atoms with van der Waals surface area (Å²) >= 11 is 8.77. The van der Waals surface area contributed by atoms with Crippen molar-refractivity contribution in [3.8, 4) is 11.5 Å². The average Bonchev–Trinajstić information content (AvgIpc) is 3.26. The van der Waals surface area contributed by atoms with Crippen molar-refractivity contribution in [2.24, 2.45) is 0 Å². The minimum atomic E-state index is 0.235. The van der Waals surface area contributed by atoms with Crippen LogP contribution in [0.2, 0.25) is 0 Å². The van der Waals surface area contributed by atoms with Crippen molar-refractivity contribution >= 4 is 61.1 Å². The second kappa shape index (κ2) is 17.6. The van der Waals surface area contributed by atoms with E-state index < -0.39 is 0 Å². The molecule has 0 N–H and O–H groups in total. The van der Waals surface area contributed by atoms with E-state index in [9.17, 15) is 4.79 Å². The van der Waals surface area contributed by atoms with Crippen LogP contribution in [-0.4, -0.2) is 19.0 Å². The number of thiophene rings is 1. The molecular formula is C32H38Br2O3S. The molecule has 3 aromatic rings. The van der Waals surface area contributed by atoms with Crippen LogP contribution >= 0.6 is 43.2 Å². The van der Waals surface area contributed by atoms with Crippen LogP contribution in [0.3, 0.4) is 0 Å². The quantitative estimate of drug-likeness (QED) is 0.100. The second-order valence-electron chi connectivity index (χ2n) is 9.40. The Hall–Kier alpha value is -1.89. The Morgan fingerprint density at radius 2 is 1.34 bits per heavy atom. The Labute approximate surface area is 248 Å². The first kappa shape index (κ1) is 30.6. The summed E-state index contributed by atoms with van der Waals surface area (Å²) in [6.07, 6.45) is 15.0. The van der Waals surface area contributed by atoms with Gasteiger partial charge in [-0.15, -0.1) is 11.3 Å². The minimum Gasteiger partial charge on any atom is -0.494 e. The van der Waals surface area contributed by atoms with Gasteiger partial charge in [0.15, 0.2) is 5.78 Å². The van der Waals surface area contributed by atoms with Gasteiger partial charge in [-0.3, -0.25) is 4.79 Å². The predicted molar refractivity (Wildman–Crippen MR) is 169 cm³/mol. The first-order chi connectivity index (χ1) is 18.5. The van der Waals surface area contributed by atoms with E-state index in [-0.39, 0.29) is 5.78 Å². The highest BCUT2D eigenvalue weighted by atomic mass is 79.9. The van der Waals surface area contributed by atoms with Gasteiger partial charge in [0.2, 0.25) is 0 Å². The molecule has 1 heterocycles. The maximum atomic E-state index is 12.3. The minimum absolute atomic E-state index is 0.235. The monoisotopic (exact) mass is 660 g/mol. The number of hydrogen-bond acceptors (Lipinski definition) is 4. The number of halogens is 2. The third kappa shape index (κ3) is 11.5. The molecule has 0 unspecified atom stereocenters.